The van der Waals surface area contributed by atoms with Gasteiger partial charge in [0.1, 0.15) is 6.07 Å². The Kier molecular flexibility index (Phi) is 5.31. The molecular formula is C15H18FN5O. The number of nitrogens with zero attached hydrogens (tertiary/aromatic N) is 2. The van der Waals surface area contributed by atoms with Crippen LogP contribution in [-0.2, 0) is 0 Å². The normalized spacial score (nSPS) is 15.9. The summed E-state index contributed by atoms with van der Waals surface area (Å²) >= 11 is 0. The van der Waals surface area contributed by atoms with Crippen molar-refractivity contribution in [1.82, 2.24) is 0 Å². The predicted octanol–water partition coefficient (Wildman–Crippen LogP) is 2.76. The third kappa shape index (κ3) is 4.19. The van der Waals surface area contributed by atoms with E-state index in [1.54, 1.807) is 12.1 Å². The van der Waals surface area contributed by atoms with Crippen LogP contribution < -0.4 is 15.9 Å². The van der Waals surface area contributed by atoms with Crippen LogP contribution in [0.2, 0.25) is 0 Å². The fourth-order valence-electron chi connectivity index (χ4n) is 2.29. The van der Waals surface area contributed by atoms with Gasteiger partial charge in [0.25, 0.3) is 0 Å². The Morgan fingerprint density at radius 1 is 1.41 bits per heavy atom. The van der Waals surface area contributed by atoms with Crippen molar-refractivity contribution in [1.29, 1.82) is 10.7 Å². The van der Waals surface area contributed by atoms with Gasteiger partial charge in [-0.1, -0.05) is 6.42 Å². The molecule has 1 aromatic rings. The highest BCUT2D eigenvalue weighted by atomic mass is 19.1. The van der Waals surface area contributed by atoms with Crippen molar-refractivity contribution in [2.75, 3.05) is 5.43 Å². The number of benzene rings is 1. The number of hydrogen-bond donors (Lipinski definition) is 3. The van der Waals surface area contributed by atoms with Gasteiger partial charge in [0.15, 0.2) is 17.4 Å². The van der Waals surface area contributed by atoms with E-state index < -0.39 is 11.7 Å². The number of hydrogen-bond acceptors (Lipinski definition) is 5. The summed E-state index contributed by atoms with van der Waals surface area (Å²) in [6.45, 7) is 0. The van der Waals surface area contributed by atoms with Crippen molar-refractivity contribution < 1.29 is 9.13 Å². The molecule has 6 nitrogen and oxygen atoms in total. The molecule has 0 aromatic heterocycles. The fourth-order valence-corrected chi connectivity index (χ4v) is 2.29. The molecule has 1 aliphatic carbocycles. The SMILES string of the molecule is N#C/C(=N\Nc1ccc(OC2CCCCC2)c(F)c1)C(=N)N. The van der Waals surface area contributed by atoms with Crippen molar-refractivity contribution in [3.8, 4) is 11.8 Å². The second-order valence-electron chi connectivity index (χ2n) is 5.12. The molecule has 0 saturated heterocycles. The Bertz CT molecular complexity index is 617. The fraction of sp³-hybridized carbons (Fsp3) is 0.400. The lowest BCUT2D eigenvalue weighted by molar-refractivity contribution is 0.149. The van der Waals surface area contributed by atoms with E-state index in [2.05, 4.69) is 10.5 Å². The zero-order valence-corrected chi connectivity index (χ0v) is 12.1. The largest absolute Gasteiger partial charge is 0.487 e. The molecule has 7 heteroatoms. The number of hydrazone groups is 1. The second-order valence-corrected chi connectivity index (χ2v) is 5.12. The lowest BCUT2D eigenvalue weighted by atomic mass is 9.98. The Labute approximate surface area is 128 Å². The third-order valence-corrected chi connectivity index (χ3v) is 3.44. The predicted molar refractivity (Wildman–Crippen MR) is 82.5 cm³/mol. The van der Waals surface area contributed by atoms with Crippen LogP contribution in [0.4, 0.5) is 10.1 Å². The van der Waals surface area contributed by atoms with Crippen LogP contribution in [0.5, 0.6) is 5.75 Å². The van der Waals surface area contributed by atoms with E-state index in [0.717, 1.165) is 25.7 Å². The van der Waals surface area contributed by atoms with E-state index in [4.69, 9.17) is 21.1 Å². The number of anilines is 1. The van der Waals surface area contributed by atoms with Gasteiger partial charge >= 0.3 is 0 Å². The molecule has 1 saturated carbocycles. The molecule has 0 atom stereocenters. The number of halogens is 1. The van der Waals surface area contributed by atoms with Crippen LogP contribution in [0.25, 0.3) is 0 Å². The summed E-state index contributed by atoms with van der Waals surface area (Å²) in [7, 11) is 0. The quantitative estimate of drug-likeness (QED) is 0.441. The summed E-state index contributed by atoms with van der Waals surface area (Å²) < 4.78 is 19.7. The molecule has 0 radical (unpaired) electrons. The lowest BCUT2D eigenvalue weighted by Gasteiger charge is -2.23. The molecule has 0 aliphatic heterocycles. The number of nitriles is 1. The first kappa shape index (κ1) is 15.8. The number of nitrogens with one attached hydrogen (secondary N) is 2. The van der Waals surface area contributed by atoms with Crippen LogP contribution in [0.3, 0.4) is 0 Å². The maximum absolute atomic E-state index is 14.0. The van der Waals surface area contributed by atoms with Gasteiger partial charge in [-0.25, -0.2) is 4.39 Å². The van der Waals surface area contributed by atoms with Gasteiger partial charge in [0, 0.05) is 6.07 Å². The molecule has 0 unspecified atom stereocenters. The summed E-state index contributed by atoms with van der Waals surface area (Å²) in [6, 6.07) is 6.03. The molecule has 0 heterocycles. The molecule has 4 N–H and O–H groups in total. The van der Waals surface area contributed by atoms with Crippen molar-refractivity contribution in [2.45, 2.75) is 38.2 Å². The summed E-state index contributed by atoms with van der Waals surface area (Å²) in [6.07, 6.45) is 5.41. The highest BCUT2D eigenvalue weighted by Crippen LogP contribution is 2.27. The average molecular weight is 303 g/mol. The van der Waals surface area contributed by atoms with Gasteiger partial charge in [-0.3, -0.25) is 10.8 Å². The van der Waals surface area contributed by atoms with Crippen molar-refractivity contribution >= 4 is 17.2 Å². The first-order valence-electron chi connectivity index (χ1n) is 7.14. The highest BCUT2D eigenvalue weighted by molar-refractivity contribution is 6.45. The number of rotatable bonds is 5. The van der Waals surface area contributed by atoms with E-state index >= 15 is 0 Å². The highest BCUT2D eigenvalue weighted by Gasteiger charge is 2.16. The molecule has 116 valence electrons. The molecule has 2 rings (SSSR count). The zero-order chi connectivity index (χ0) is 15.9. The van der Waals surface area contributed by atoms with Crippen molar-refractivity contribution in [3.05, 3.63) is 24.0 Å². The standard InChI is InChI=1S/C15H18FN5O/c16-12-8-10(20-21-13(9-17)15(18)19)6-7-14(12)22-11-4-2-1-3-5-11/h6-8,11,20H,1-5H2,(H3,18,19)/b21-13+. The molecule has 1 aromatic carbocycles. The Hall–Kier alpha value is -2.62. The minimum Gasteiger partial charge on any atom is -0.487 e. The average Bonchev–Trinajstić information content (AvgIpc) is 2.51. The minimum absolute atomic E-state index is 0.0722. The Morgan fingerprint density at radius 3 is 2.73 bits per heavy atom. The molecule has 22 heavy (non-hydrogen) atoms. The first-order chi connectivity index (χ1) is 10.6. The van der Waals surface area contributed by atoms with Gasteiger partial charge in [-0.05, 0) is 37.8 Å². The molecular weight excluding hydrogens is 285 g/mol. The van der Waals surface area contributed by atoms with Crippen molar-refractivity contribution in [3.63, 3.8) is 0 Å². The Morgan fingerprint density at radius 2 is 2.14 bits per heavy atom. The number of ether oxygens (including phenoxy) is 1. The maximum atomic E-state index is 14.0. The van der Waals surface area contributed by atoms with Gasteiger partial charge in [-0.2, -0.15) is 10.4 Å². The molecule has 1 aliphatic rings. The van der Waals surface area contributed by atoms with Crippen LogP contribution in [0, 0.1) is 22.6 Å². The van der Waals surface area contributed by atoms with E-state index in [1.165, 1.54) is 18.6 Å². The van der Waals surface area contributed by atoms with Gasteiger partial charge < -0.3 is 10.5 Å². The monoisotopic (exact) mass is 303 g/mol. The van der Waals surface area contributed by atoms with Crippen LogP contribution in [-0.4, -0.2) is 17.7 Å². The summed E-state index contributed by atoms with van der Waals surface area (Å²) in [5.74, 6) is -0.728. The Balaban J connectivity index is 2.03. The van der Waals surface area contributed by atoms with Gasteiger partial charge in [0.05, 0.1) is 11.8 Å². The number of amidine groups is 1. The summed E-state index contributed by atoms with van der Waals surface area (Å²) in [4.78, 5) is 0. The maximum Gasteiger partial charge on any atom is 0.201 e. The topological polar surface area (TPSA) is 107 Å². The molecule has 0 amide bonds. The first-order valence-corrected chi connectivity index (χ1v) is 7.14. The third-order valence-electron chi connectivity index (χ3n) is 3.44. The minimum atomic E-state index is -0.493. The second kappa shape index (κ2) is 7.41. The van der Waals surface area contributed by atoms with E-state index in [-0.39, 0.29) is 17.6 Å². The van der Waals surface area contributed by atoms with E-state index in [1.807, 2.05) is 0 Å². The number of nitrogens with two attached hydrogens (primary N) is 1. The lowest BCUT2D eigenvalue weighted by Crippen LogP contribution is -2.22. The smallest absolute Gasteiger partial charge is 0.201 e. The van der Waals surface area contributed by atoms with E-state index in [0.29, 0.717) is 5.69 Å². The van der Waals surface area contributed by atoms with Crippen molar-refractivity contribution in [2.24, 2.45) is 10.8 Å². The zero-order valence-electron chi connectivity index (χ0n) is 12.1. The van der Waals surface area contributed by atoms with Gasteiger partial charge in [0.2, 0.25) is 5.71 Å². The summed E-state index contributed by atoms with van der Waals surface area (Å²) in [5.41, 5.74) is 7.75. The van der Waals surface area contributed by atoms with Crippen LogP contribution in [0.1, 0.15) is 32.1 Å². The van der Waals surface area contributed by atoms with Crippen LogP contribution in [0.15, 0.2) is 23.3 Å². The van der Waals surface area contributed by atoms with Crippen LogP contribution >= 0.6 is 0 Å². The van der Waals surface area contributed by atoms with Gasteiger partial charge in [-0.15, -0.1) is 0 Å². The van der Waals surface area contributed by atoms with E-state index in [9.17, 15) is 4.39 Å². The molecule has 0 bridgehead atoms. The molecule has 0 spiro atoms. The molecule has 1 fully saturated rings. The summed E-state index contributed by atoms with van der Waals surface area (Å²) in [5, 5.41) is 19.5.